The van der Waals surface area contributed by atoms with Crippen molar-refractivity contribution in [3.8, 4) is 23.3 Å². The fourth-order valence-electron chi connectivity index (χ4n) is 2.33. The summed E-state index contributed by atoms with van der Waals surface area (Å²) >= 11 is 0. The number of sulfonamides is 1. The SMILES string of the molecule is C[C@H](Oc1ccc(C#N)cc1)C(=O)NNS(=O)(=O)c1ccc2c(c1)OCCO2. The number of nitrogens with one attached hydrogen (secondary N) is 2. The molecule has 0 unspecified atom stereocenters. The first kappa shape index (κ1) is 19.5. The van der Waals surface area contributed by atoms with Gasteiger partial charge >= 0.3 is 0 Å². The third-order valence-electron chi connectivity index (χ3n) is 3.80. The van der Waals surface area contributed by atoms with Crippen molar-refractivity contribution in [2.75, 3.05) is 13.2 Å². The Kier molecular flexibility index (Phi) is 5.67. The van der Waals surface area contributed by atoms with Crippen molar-refractivity contribution in [1.29, 1.82) is 5.26 Å². The van der Waals surface area contributed by atoms with Crippen molar-refractivity contribution in [2.24, 2.45) is 0 Å². The summed E-state index contributed by atoms with van der Waals surface area (Å²) in [5.74, 6) is 0.457. The molecule has 2 aromatic rings. The summed E-state index contributed by atoms with van der Waals surface area (Å²) in [6.07, 6.45) is -0.976. The van der Waals surface area contributed by atoms with Crippen LogP contribution in [-0.4, -0.2) is 33.6 Å². The molecule has 1 aliphatic heterocycles. The predicted octanol–water partition coefficient (Wildman–Crippen LogP) is 1.11. The number of benzene rings is 2. The summed E-state index contributed by atoms with van der Waals surface area (Å²) in [5, 5.41) is 8.77. The molecule has 0 aliphatic carbocycles. The van der Waals surface area contributed by atoms with Gasteiger partial charge in [0.05, 0.1) is 16.5 Å². The number of hydrogen-bond donors (Lipinski definition) is 2. The number of amides is 1. The van der Waals surface area contributed by atoms with Crippen LogP contribution in [0.1, 0.15) is 12.5 Å². The maximum atomic E-state index is 12.4. The second-order valence-corrected chi connectivity index (χ2v) is 7.48. The van der Waals surface area contributed by atoms with E-state index in [2.05, 4.69) is 5.43 Å². The van der Waals surface area contributed by atoms with Gasteiger partial charge in [-0.2, -0.15) is 5.26 Å². The lowest BCUT2D eigenvalue weighted by Gasteiger charge is -2.19. The Labute approximate surface area is 161 Å². The maximum absolute atomic E-state index is 12.4. The van der Waals surface area contributed by atoms with Gasteiger partial charge in [-0.1, -0.05) is 0 Å². The first-order valence-electron chi connectivity index (χ1n) is 8.27. The molecule has 0 spiro atoms. The second kappa shape index (κ2) is 8.16. The molecule has 10 heteroatoms. The predicted molar refractivity (Wildman–Crippen MR) is 97.1 cm³/mol. The number of rotatable bonds is 6. The number of hydrogen-bond acceptors (Lipinski definition) is 7. The minimum Gasteiger partial charge on any atom is -0.486 e. The van der Waals surface area contributed by atoms with Crippen LogP contribution in [0, 0.1) is 11.3 Å². The molecule has 0 saturated heterocycles. The van der Waals surface area contributed by atoms with Gasteiger partial charge in [0.15, 0.2) is 17.6 Å². The summed E-state index contributed by atoms with van der Waals surface area (Å²) in [7, 11) is -4.01. The molecule has 2 N–H and O–H groups in total. The van der Waals surface area contributed by atoms with Gasteiger partial charge in [-0.25, -0.2) is 8.42 Å². The second-order valence-electron chi connectivity index (χ2n) is 5.80. The molecule has 1 heterocycles. The molecule has 9 nitrogen and oxygen atoms in total. The molecule has 0 bridgehead atoms. The average Bonchev–Trinajstić information content (AvgIpc) is 2.72. The first-order chi connectivity index (χ1) is 13.4. The summed E-state index contributed by atoms with van der Waals surface area (Å²) in [6.45, 7) is 2.18. The molecule has 0 radical (unpaired) electrons. The Hall–Kier alpha value is -3.29. The number of fused-ring (bicyclic) bond motifs is 1. The Morgan fingerprint density at radius 2 is 1.82 bits per heavy atom. The number of ether oxygens (including phenoxy) is 3. The van der Waals surface area contributed by atoms with Crippen molar-refractivity contribution in [1.82, 2.24) is 10.3 Å². The maximum Gasteiger partial charge on any atom is 0.275 e. The number of nitrogens with zero attached hydrogens (tertiary/aromatic N) is 1. The van der Waals surface area contributed by atoms with E-state index in [1.54, 1.807) is 24.3 Å². The molecule has 28 heavy (non-hydrogen) atoms. The van der Waals surface area contributed by atoms with Crippen LogP contribution in [0.2, 0.25) is 0 Å². The van der Waals surface area contributed by atoms with E-state index >= 15 is 0 Å². The fourth-order valence-corrected chi connectivity index (χ4v) is 3.20. The quantitative estimate of drug-likeness (QED) is 0.692. The molecular formula is C18H17N3O6S. The number of carbonyl (C=O) groups is 1. The topological polar surface area (TPSA) is 127 Å². The van der Waals surface area contributed by atoms with Crippen LogP contribution in [0.3, 0.4) is 0 Å². The summed E-state index contributed by atoms with van der Waals surface area (Å²) < 4.78 is 40.9. The van der Waals surface area contributed by atoms with E-state index in [4.69, 9.17) is 19.5 Å². The van der Waals surface area contributed by atoms with Gasteiger partial charge in [0.2, 0.25) is 0 Å². The van der Waals surface area contributed by atoms with E-state index in [0.29, 0.717) is 36.0 Å². The molecule has 0 fully saturated rings. The number of carbonyl (C=O) groups excluding carboxylic acids is 1. The van der Waals surface area contributed by atoms with Crippen LogP contribution in [0.25, 0.3) is 0 Å². The van der Waals surface area contributed by atoms with Gasteiger partial charge in [0, 0.05) is 6.07 Å². The molecule has 3 rings (SSSR count). The molecule has 1 aliphatic rings. The lowest BCUT2D eigenvalue weighted by atomic mass is 10.2. The van der Waals surface area contributed by atoms with Gasteiger partial charge < -0.3 is 14.2 Å². The lowest BCUT2D eigenvalue weighted by molar-refractivity contribution is -0.127. The lowest BCUT2D eigenvalue weighted by Crippen LogP contribution is -2.47. The van der Waals surface area contributed by atoms with E-state index in [9.17, 15) is 13.2 Å². The zero-order valence-electron chi connectivity index (χ0n) is 14.8. The molecule has 0 aromatic heterocycles. The highest BCUT2D eigenvalue weighted by Gasteiger charge is 2.22. The van der Waals surface area contributed by atoms with Crippen molar-refractivity contribution in [2.45, 2.75) is 17.9 Å². The first-order valence-corrected chi connectivity index (χ1v) is 9.75. The summed E-state index contributed by atoms with van der Waals surface area (Å²) in [6, 6.07) is 12.3. The van der Waals surface area contributed by atoms with E-state index in [1.165, 1.54) is 25.1 Å². The van der Waals surface area contributed by atoms with E-state index in [1.807, 2.05) is 10.9 Å². The van der Waals surface area contributed by atoms with Gasteiger partial charge in [-0.15, -0.1) is 4.83 Å². The summed E-state index contributed by atoms with van der Waals surface area (Å²) in [5.41, 5.74) is 2.57. The normalized spacial score (nSPS) is 13.9. The van der Waals surface area contributed by atoms with Crippen molar-refractivity contribution in [3.63, 3.8) is 0 Å². The van der Waals surface area contributed by atoms with Crippen LogP contribution in [-0.2, 0) is 14.8 Å². The zero-order chi connectivity index (χ0) is 20.1. The molecule has 0 saturated carbocycles. The van der Waals surface area contributed by atoms with Crippen LogP contribution in [0.5, 0.6) is 17.2 Å². The highest BCUT2D eigenvalue weighted by molar-refractivity contribution is 7.89. The van der Waals surface area contributed by atoms with Gasteiger partial charge in [0.25, 0.3) is 15.9 Å². The highest BCUT2D eigenvalue weighted by Crippen LogP contribution is 2.32. The molecule has 146 valence electrons. The Morgan fingerprint density at radius 3 is 2.50 bits per heavy atom. The Balaban J connectivity index is 1.60. The molecular weight excluding hydrogens is 386 g/mol. The zero-order valence-corrected chi connectivity index (χ0v) is 15.7. The van der Waals surface area contributed by atoms with Gasteiger partial charge in [-0.3, -0.25) is 10.2 Å². The van der Waals surface area contributed by atoms with Crippen LogP contribution >= 0.6 is 0 Å². The minimum absolute atomic E-state index is 0.0855. The van der Waals surface area contributed by atoms with Crippen molar-refractivity contribution < 1.29 is 27.4 Å². The van der Waals surface area contributed by atoms with Crippen LogP contribution < -0.4 is 24.5 Å². The monoisotopic (exact) mass is 403 g/mol. The smallest absolute Gasteiger partial charge is 0.275 e. The van der Waals surface area contributed by atoms with Crippen molar-refractivity contribution in [3.05, 3.63) is 48.0 Å². The Bertz CT molecular complexity index is 1010. The van der Waals surface area contributed by atoms with Gasteiger partial charge in [0.1, 0.15) is 19.0 Å². The minimum atomic E-state index is -4.01. The standard InChI is InChI=1S/C18H17N3O6S/c1-12(27-14-4-2-13(11-19)3-5-14)18(22)20-21-28(23,24)15-6-7-16-17(10-15)26-9-8-25-16/h2-7,10,12,21H,8-9H2,1H3,(H,20,22)/t12-/m0/s1. The largest absolute Gasteiger partial charge is 0.486 e. The van der Waals surface area contributed by atoms with Crippen LogP contribution in [0.4, 0.5) is 0 Å². The molecule has 1 amide bonds. The van der Waals surface area contributed by atoms with E-state index in [0.717, 1.165) is 0 Å². The molecule has 2 aromatic carbocycles. The van der Waals surface area contributed by atoms with Crippen molar-refractivity contribution >= 4 is 15.9 Å². The van der Waals surface area contributed by atoms with Gasteiger partial charge in [-0.05, 0) is 43.3 Å². The third kappa shape index (κ3) is 4.51. The van der Waals surface area contributed by atoms with E-state index in [-0.39, 0.29) is 4.90 Å². The average molecular weight is 403 g/mol. The third-order valence-corrected chi connectivity index (χ3v) is 5.04. The summed E-state index contributed by atoms with van der Waals surface area (Å²) in [4.78, 5) is 14.1. The van der Waals surface area contributed by atoms with Crippen LogP contribution in [0.15, 0.2) is 47.4 Å². The molecule has 1 atom stereocenters. The highest BCUT2D eigenvalue weighted by atomic mass is 32.2. The Morgan fingerprint density at radius 1 is 1.14 bits per heavy atom. The number of hydrazine groups is 1. The fraction of sp³-hybridized carbons (Fsp3) is 0.222. The number of nitriles is 1. The van der Waals surface area contributed by atoms with E-state index < -0.39 is 22.0 Å².